The molecule has 1 N–H and O–H groups in total. The number of benzene rings is 2. The van der Waals surface area contributed by atoms with Crippen LogP contribution in [0.5, 0.6) is 11.5 Å². The van der Waals surface area contributed by atoms with E-state index in [9.17, 15) is 4.79 Å². The highest BCUT2D eigenvalue weighted by Gasteiger charge is 2.22. The first kappa shape index (κ1) is 24.3. The maximum absolute atomic E-state index is 11.5. The summed E-state index contributed by atoms with van der Waals surface area (Å²) in [5.74, 6) is 1.63. The van der Waals surface area contributed by atoms with Gasteiger partial charge in [-0.25, -0.2) is 4.68 Å². The Morgan fingerprint density at radius 3 is 2.58 bits per heavy atom. The minimum absolute atomic E-state index is 0.119. The second-order valence-electron chi connectivity index (χ2n) is 10.5. The van der Waals surface area contributed by atoms with Crippen molar-refractivity contribution in [2.45, 2.75) is 57.8 Å². The summed E-state index contributed by atoms with van der Waals surface area (Å²) >= 11 is 0. The van der Waals surface area contributed by atoms with E-state index >= 15 is 0 Å². The summed E-state index contributed by atoms with van der Waals surface area (Å²) < 4.78 is 15.8. The van der Waals surface area contributed by atoms with Crippen LogP contribution < -0.4 is 10.1 Å². The van der Waals surface area contributed by atoms with E-state index in [0.717, 1.165) is 52.7 Å². The minimum Gasteiger partial charge on any atom is -0.457 e. The van der Waals surface area contributed by atoms with Gasteiger partial charge in [0.1, 0.15) is 18.2 Å². The van der Waals surface area contributed by atoms with Crippen molar-refractivity contribution in [2.24, 2.45) is 0 Å². The van der Waals surface area contributed by atoms with E-state index in [1.807, 2.05) is 64.1 Å². The van der Waals surface area contributed by atoms with Crippen molar-refractivity contribution in [3.63, 3.8) is 0 Å². The lowest BCUT2D eigenvalue weighted by Gasteiger charge is -2.16. The Hall–Kier alpha value is -3.43. The smallest absolute Gasteiger partial charge is 0.220 e. The molecule has 8 nitrogen and oxygen atoms in total. The number of ether oxygens (including phenoxy) is 2. The Morgan fingerprint density at radius 1 is 1.03 bits per heavy atom. The maximum Gasteiger partial charge on any atom is 0.220 e. The highest BCUT2D eigenvalue weighted by atomic mass is 28.3. The van der Waals surface area contributed by atoms with Crippen molar-refractivity contribution in [3.05, 3.63) is 60.9 Å². The first-order valence-electron chi connectivity index (χ1n) is 12.5. The number of fused-ring (bicyclic) bond motifs is 1. The number of carbonyl (C=O) groups excluding carboxylic acids is 1. The fraction of sp³-hybridized carbons (Fsp3) is 0.370. The molecule has 0 aliphatic carbocycles. The highest BCUT2D eigenvalue weighted by molar-refractivity contribution is 6.76. The van der Waals surface area contributed by atoms with Gasteiger partial charge < -0.3 is 14.8 Å². The largest absolute Gasteiger partial charge is 0.457 e. The fourth-order valence-electron chi connectivity index (χ4n) is 4.34. The van der Waals surface area contributed by atoms with Crippen LogP contribution in [0.3, 0.4) is 0 Å². The number of nitrogens with zero attached hydrogens (tertiary/aromatic N) is 4. The molecule has 36 heavy (non-hydrogen) atoms. The maximum atomic E-state index is 11.5. The van der Waals surface area contributed by atoms with Gasteiger partial charge >= 0.3 is 0 Å². The highest BCUT2D eigenvalue weighted by Crippen LogP contribution is 2.28. The molecule has 1 atom stereocenters. The monoisotopic (exact) mass is 503 g/mol. The average Bonchev–Trinajstić information content (AvgIpc) is 3.57. The van der Waals surface area contributed by atoms with E-state index < -0.39 is 8.07 Å². The van der Waals surface area contributed by atoms with Crippen molar-refractivity contribution in [2.75, 3.05) is 6.61 Å². The van der Waals surface area contributed by atoms with Gasteiger partial charge in [-0.1, -0.05) is 19.6 Å². The Balaban J connectivity index is 1.21. The molecule has 5 rings (SSSR count). The lowest BCUT2D eigenvalue weighted by molar-refractivity contribution is -0.119. The first-order chi connectivity index (χ1) is 17.3. The van der Waals surface area contributed by atoms with Crippen LogP contribution >= 0.6 is 0 Å². The third-order valence-electron chi connectivity index (χ3n) is 6.40. The van der Waals surface area contributed by atoms with Crippen LogP contribution in [0.1, 0.15) is 12.8 Å². The van der Waals surface area contributed by atoms with Gasteiger partial charge in [-0.3, -0.25) is 9.48 Å². The number of rotatable bonds is 10. The molecular formula is C27H33N5O3Si. The summed E-state index contributed by atoms with van der Waals surface area (Å²) in [4.78, 5) is 11.5. The summed E-state index contributed by atoms with van der Waals surface area (Å²) in [6.07, 6.45) is 5.09. The predicted octanol–water partition coefficient (Wildman–Crippen LogP) is 5.28. The number of hydrogen-bond donors (Lipinski definition) is 1. The van der Waals surface area contributed by atoms with Crippen molar-refractivity contribution >= 4 is 24.9 Å². The van der Waals surface area contributed by atoms with Gasteiger partial charge in [0, 0.05) is 44.3 Å². The molecule has 3 heterocycles. The van der Waals surface area contributed by atoms with Gasteiger partial charge in [-0.05, 0) is 61.0 Å². The molecule has 2 aromatic heterocycles. The quantitative estimate of drug-likeness (QED) is 0.235. The lowest BCUT2D eigenvalue weighted by Crippen LogP contribution is -2.29. The van der Waals surface area contributed by atoms with Gasteiger partial charge in [-0.15, -0.1) is 0 Å². The van der Waals surface area contributed by atoms with Gasteiger partial charge in [0.05, 0.1) is 24.0 Å². The van der Waals surface area contributed by atoms with Gasteiger partial charge in [0.15, 0.2) is 0 Å². The van der Waals surface area contributed by atoms with Crippen LogP contribution in [0.25, 0.3) is 22.2 Å². The molecule has 9 heteroatoms. The Labute approximate surface area is 212 Å². The zero-order valence-electron chi connectivity index (χ0n) is 21.1. The zero-order chi connectivity index (χ0) is 25.1. The van der Waals surface area contributed by atoms with E-state index in [2.05, 4.69) is 35.2 Å². The second kappa shape index (κ2) is 10.3. The topological polar surface area (TPSA) is 83.2 Å². The fourth-order valence-corrected chi connectivity index (χ4v) is 5.09. The van der Waals surface area contributed by atoms with Crippen LogP contribution in [0.2, 0.25) is 25.7 Å². The Bertz CT molecular complexity index is 1340. The standard InChI is InChI=1S/C27H33N5O3Si/c1-36(2,3)15-14-34-19-32-26(12-13-28-32)20-4-7-23(8-5-20)35-24-9-10-25-21(16-24)17-29-31(25)18-22-6-11-27(33)30-22/h4-5,7-10,12-13,16-17,22H,6,11,14-15,18-19H2,1-3H3,(H,30,33)/t22-/m0/s1. The minimum atomic E-state index is -1.11. The van der Waals surface area contributed by atoms with E-state index in [0.29, 0.717) is 19.7 Å². The summed E-state index contributed by atoms with van der Waals surface area (Å²) in [6, 6.07) is 17.3. The predicted molar refractivity (Wildman–Crippen MR) is 143 cm³/mol. The Kier molecular flexibility index (Phi) is 6.93. The van der Waals surface area contributed by atoms with E-state index in [1.165, 1.54) is 0 Å². The number of carbonyl (C=O) groups is 1. The summed E-state index contributed by atoms with van der Waals surface area (Å²) in [7, 11) is -1.11. The molecule has 0 unspecified atom stereocenters. The SMILES string of the molecule is C[Si](C)(C)CCOCn1nccc1-c1ccc(Oc2ccc3c(cnn3C[C@@H]3CCC(=O)N3)c2)cc1. The molecule has 1 aliphatic heterocycles. The molecule has 2 aromatic carbocycles. The normalized spacial score (nSPS) is 16.0. The summed E-state index contributed by atoms with van der Waals surface area (Å²) in [5, 5.41) is 12.9. The molecule has 188 valence electrons. The van der Waals surface area contributed by atoms with Crippen molar-refractivity contribution < 1.29 is 14.3 Å². The van der Waals surface area contributed by atoms with E-state index in [-0.39, 0.29) is 11.9 Å². The number of amides is 1. The van der Waals surface area contributed by atoms with Gasteiger partial charge in [0.25, 0.3) is 0 Å². The molecule has 4 aromatic rings. The van der Waals surface area contributed by atoms with Gasteiger partial charge in [0.2, 0.25) is 5.91 Å². The summed E-state index contributed by atoms with van der Waals surface area (Å²) in [5.41, 5.74) is 3.10. The first-order valence-corrected chi connectivity index (χ1v) is 16.2. The second-order valence-corrected chi connectivity index (χ2v) is 16.2. The van der Waals surface area contributed by atoms with Crippen LogP contribution in [0.15, 0.2) is 60.9 Å². The average molecular weight is 504 g/mol. The van der Waals surface area contributed by atoms with Crippen molar-refractivity contribution in [3.8, 4) is 22.8 Å². The molecule has 0 bridgehead atoms. The van der Waals surface area contributed by atoms with E-state index in [4.69, 9.17) is 9.47 Å². The molecule has 1 amide bonds. The summed E-state index contributed by atoms with van der Waals surface area (Å²) in [6.45, 7) is 8.95. The number of aromatic nitrogens is 4. The molecule has 0 saturated carbocycles. The molecule has 1 fully saturated rings. The van der Waals surface area contributed by atoms with Crippen molar-refractivity contribution in [1.82, 2.24) is 24.9 Å². The van der Waals surface area contributed by atoms with Crippen LogP contribution in [-0.2, 0) is 22.8 Å². The zero-order valence-corrected chi connectivity index (χ0v) is 22.1. The van der Waals surface area contributed by atoms with Crippen LogP contribution in [-0.4, -0.2) is 46.2 Å². The molecule has 0 spiro atoms. The van der Waals surface area contributed by atoms with Gasteiger partial charge in [-0.2, -0.15) is 10.2 Å². The molecule has 0 radical (unpaired) electrons. The number of hydrogen-bond acceptors (Lipinski definition) is 5. The Morgan fingerprint density at radius 2 is 1.83 bits per heavy atom. The third-order valence-corrected chi connectivity index (χ3v) is 8.11. The molecule has 1 saturated heterocycles. The van der Waals surface area contributed by atoms with Crippen molar-refractivity contribution in [1.29, 1.82) is 0 Å². The van der Waals surface area contributed by atoms with Crippen LogP contribution in [0.4, 0.5) is 0 Å². The molecular weight excluding hydrogens is 470 g/mol. The lowest BCUT2D eigenvalue weighted by atomic mass is 10.1. The van der Waals surface area contributed by atoms with E-state index in [1.54, 1.807) is 6.20 Å². The third kappa shape index (κ3) is 5.85. The van der Waals surface area contributed by atoms with Crippen LogP contribution in [0, 0.1) is 0 Å². The molecule has 1 aliphatic rings. The number of nitrogens with one attached hydrogen (secondary N) is 1.